The third-order valence-electron chi connectivity index (χ3n) is 5.59. The molecule has 0 aliphatic carbocycles. The molecule has 194 valence electrons. The summed E-state index contributed by atoms with van der Waals surface area (Å²) in [5.74, 6) is -0.827. The number of nitrogens with zero attached hydrogens (tertiary/aromatic N) is 2. The number of aliphatic hydroxyl groups is 1. The first kappa shape index (κ1) is 27.4. The number of benzene rings is 1. The van der Waals surface area contributed by atoms with Gasteiger partial charge in [0.05, 0.1) is 36.0 Å². The molecule has 1 atom stereocenters. The molecule has 10 heteroatoms. The summed E-state index contributed by atoms with van der Waals surface area (Å²) in [6.07, 6.45) is -0.592. The van der Waals surface area contributed by atoms with Crippen LogP contribution < -0.4 is 9.54 Å². The number of amides is 1. The lowest BCUT2D eigenvalue weighted by atomic mass is 9.95. The molecule has 1 amide bonds. The minimum Gasteiger partial charge on any atom is -0.493 e. The van der Waals surface area contributed by atoms with Crippen LogP contribution in [0.15, 0.2) is 29.4 Å². The van der Waals surface area contributed by atoms with Crippen molar-refractivity contribution < 1.29 is 32.5 Å². The Kier molecular flexibility index (Phi) is 8.18. The molecule has 0 bridgehead atoms. The maximum atomic E-state index is 13.4. The van der Waals surface area contributed by atoms with Gasteiger partial charge < -0.3 is 19.1 Å². The molecule has 1 aliphatic heterocycles. The van der Waals surface area contributed by atoms with E-state index < -0.39 is 23.2 Å². The summed E-state index contributed by atoms with van der Waals surface area (Å²) < 4.78 is 53.4. The number of hydrogen-bond acceptors (Lipinski definition) is 5. The van der Waals surface area contributed by atoms with Crippen molar-refractivity contribution in [1.29, 1.82) is 0 Å². The number of thiazole rings is 1. The van der Waals surface area contributed by atoms with Gasteiger partial charge in [-0.1, -0.05) is 20.8 Å². The molecule has 6 nitrogen and oxygen atoms in total. The van der Waals surface area contributed by atoms with Gasteiger partial charge in [-0.2, -0.15) is 18.2 Å². The van der Waals surface area contributed by atoms with Crippen LogP contribution in [0.5, 0.6) is 5.75 Å². The molecule has 2 heterocycles. The van der Waals surface area contributed by atoms with Crippen LogP contribution in [-0.2, 0) is 22.9 Å². The highest BCUT2D eigenvalue weighted by molar-refractivity contribution is 7.09. The first-order valence-electron chi connectivity index (χ1n) is 11.6. The summed E-state index contributed by atoms with van der Waals surface area (Å²) in [5.41, 5.74) is -2.44. The number of aromatic nitrogens is 1. The van der Waals surface area contributed by atoms with Crippen LogP contribution in [0.25, 0.3) is 0 Å². The Morgan fingerprint density at radius 2 is 1.97 bits per heavy atom. The first-order valence-corrected chi connectivity index (χ1v) is 12.4. The number of alkyl halides is 3. The maximum Gasteiger partial charge on any atom is 0.416 e. The van der Waals surface area contributed by atoms with Crippen molar-refractivity contribution in [2.75, 3.05) is 13.2 Å². The van der Waals surface area contributed by atoms with Gasteiger partial charge in [0.15, 0.2) is 4.80 Å². The van der Waals surface area contributed by atoms with Gasteiger partial charge in [-0.3, -0.25) is 4.79 Å². The fourth-order valence-electron chi connectivity index (χ4n) is 3.51. The first-order chi connectivity index (χ1) is 16.1. The number of ether oxygens (including phenoxy) is 2. The SMILES string of the molecule is CC(C)(O)CCOc1ccc(C(F)(F)F)cc1C(=O)N=c1sc(C(C)(C)C)cn1C[C@H]1CCCO1. The van der Waals surface area contributed by atoms with E-state index in [1.165, 1.54) is 11.3 Å². The van der Waals surface area contributed by atoms with Gasteiger partial charge in [0, 0.05) is 24.1 Å². The van der Waals surface area contributed by atoms with E-state index in [0.29, 0.717) is 18.0 Å². The number of halogens is 3. The third-order valence-corrected chi connectivity index (χ3v) is 7.04. The minimum absolute atomic E-state index is 0.000702. The second kappa shape index (κ2) is 10.4. The molecule has 2 aromatic rings. The summed E-state index contributed by atoms with van der Waals surface area (Å²) >= 11 is 1.33. The van der Waals surface area contributed by atoms with Crippen LogP contribution >= 0.6 is 11.3 Å². The summed E-state index contributed by atoms with van der Waals surface area (Å²) in [7, 11) is 0. The number of rotatable bonds is 7. The highest BCUT2D eigenvalue weighted by Crippen LogP contribution is 2.33. The van der Waals surface area contributed by atoms with E-state index in [-0.39, 0.29) is 35.9 Å². The van der Waals surface area contributed by atoms with Gasteiger partial charge in [0.25, 0.3) is 5.91 Å². The van der Waals surface area contributed by atoms with Crippen molar-refractivity contribution in [3.8, 4) is 5.75 Å². The predicted octanol–water partition coefficient (Wildman–Crippen LogP) is 5.33. The summed E-state index contributed by atoms with van der Waals surface area (Å²) in [4.78, 5) is 18.8. The van der Waals surface area contributed by atoms with Crippen molar-refractivity contribution >= 4 is 17.2 Å². The zero-order chi connectivity index (χ0) is 26.0. The molecular weight excluding hydrogens is 481 g/mol. The molecule has 0 radical (unpaired) electrons. The Bertz CT molecular complexity index is 1100. The van der Waals surface area contributed by atoms with Gasteiger partial charge >= 0.3 is 6.18 Å². The smallest absolute Gasteiger partial charge is 0.416 e. The molecule has 0 spiro atoms. The van der Waals surface area contributed by atoms with Gasteiger partial charge in [-0.15, -0.1) is 11.3 Å². The van der Waals surface area contributed by atoms with Crippen molar-refractivity contribution in [3.05, 3.63) is 45.2 Å². The minimum atomic E-state index is -4.62. The Morgan fingerprint density at radius 3 is 2.54 bits per heavy atom. The Labute approximate surface area is 207 Å². The van der Waals surface area contributed by atoms with E-state index in [2.05, 4.69) is 4.99 Å². The average molecular weight is 515 g/mol. The largest absolute Gasteiger partial charge is 0.493 e. The van der Waals surface area contributed by atoms with Crippen LogP contribution in [0, 0.1) is 0 Å². The summed E-state index contributed by atoms with van der Waals surface area (Å²) in [6.45, 7) is 10.6. The van der Waals surface area contributed by atoms with Crippen molar-refractivity contribution in [1.82, 2.24) is 4.57 Å². The topological polar surface area (TPSA) is 73.0 Å². The quantitative estimate of drug-likeness (QED) is 0.542. The van der Waals surface area contributed by atoms with E-state index in [0.717, 1.165) is 35.9 Å². The van der Waals surface area contributed by atoms with Gasteiger partial charge in [0.1, 0.15) is 5.75 Å². The van der Waals surface area contributed by atoms with Crippen LogP contribution in [-0.4, -0.2) is 40.5 Å². The van der Waals surface area contributed by atoms with E-state index >= 15 is 0 Å². The van der Waals surface area contributed by atoms with Crippen LogP contribution in [0.1, 0.15) is 74.7 Å². The number of carbonyl (C=O) groups excluding carboxylic acids is 1. The fourth-order valence-corrected chi connectivity index (χ4v) is 4.57. The Morgan fingerprint density at radius 1 is 1.26 bits per heavy atom. The second-order valence-electron chi connectivity index (χ2n) is 10.5. The van der Waals surface area contributed by atoms with Crippen molar-refractivity contribution in [2.24, 2.45) is 4.99 Å². The molecule has 0 unspecified atom stereocenters. The fraction of sp³-hybridized carbons (Fsp3) is 0.600. The zero-order valence-corrected chi connectivity index (χ0v) is 21.6. The lowest BCUT2D eigenvalue weighted by molar-refractivity contribution is -0.137. The normalized spacial score (nSPS) is 17.7. The van der Waals surface area contributed by atoms with E-state index in [9.17, 15) is 23.1 Å². The zero-order valence-electron chi connectivity index (χ0n) is 20.7. The lowest BCUT2D eigenvalue weighted by Gasteiger charge is -2.18. The summed E-state index contributed by atoms with van der Waals surface area (Å²) in [6, 6.07) is 2.77. The second-order valence-corrected chi connectivity index (χ2v) is 11.5. The van der Waals surface area contributed by atoms with Crippen molar-refractivity contribution in [2.45, 2.75) is 83.7 Å². The molecule has 3 rings (SSSR count). The third kappa shape index (κ3) is 7.65. The van der Waals surface area contributed by atoms with E-state index in [1.54, 1.807) is 13.8 Å². The molecule has 35 heavy (non-hydrogen) atoms. The van der Waals surface area contributed by atoms with Gasteiger partial charge in [-0.25, -0.2) is 0 Å². The molecular formula is C25H33F3N2O4S. The maximum absolute atomic E-state index is 13.4. The van der Waals surface area contributed by atoms with E-state index in [1.807, 2.05) is 31.5 Å². The highest BCUT2D eigenvalue weighted by Gasteiger charge is 2.32. The van der Waals surface area contributed by atoms with Gasteiger partial charge in [-0.05, 0) is 50.3 Å². The Balaban J connectivity index is 2.01. The predicted molar refractivity (Wildman–Crippen MR) is 128 cm³/mol. The molecule has 1 aromatic carbocycles. The molecule has 1 aliphatic rings. The average Bonchev–Trinajstić information content (AvgIpc) is 3.37. The molecule has 1 saturated heterocycles. The van der Waals surface area contributed by atoms with Crippen LogP contribution in [0.3, 0.4) is 0 Å². The Hall–Kier alpha value is -2.17. The molecule has 0 saturated carbocycles. The summed E-state index contributed by atoms with van der Waals surface area (Å²) in [5, 5.41) is 9.91. The number of carbonyl (C=O) groups is 1. The monoisotopic (exact) mass is 514 g/mol. The van der Waals surface area contributed by atoms with Gasteiger partial charge in [0.2, 0.25) is 0 Å². The standard InChI is InChI=1S/C25H33F3N2O4S/c1-23(2,3)20-15-30(14-17-7-6-11-33-17)22(35-20)29-21(31)18-13-16(25(26,27)28)8-9-19(18)34-12-10-24(4,5)32/h8-9,13,15,17,32H,6-7,10-12,14H2,1-5H3/t17-/m1/s1. The molecule has 1 N–H and O–H groups in total. The molecule has 1 fully saturated rings. The van der Waals surface area contributed by atoms with E-state index in [4.69, 9.17) is 9.47 Å². The van der Waals surface area contributed by atoms with Crippen molar-refractivity contribution in [3.63, 3.8) is 0 Å². The lowest BCUT2D eigenvalue weighted by Crippen LogP contribution is -2.24. The number of hydrogen-bond donors (Lipinski definition) is 1. The van der Waals surface area contributed by atoms with Crippen LogP contribution in [0.2, 0.25) is 0 Å². The van der Waals surface area contributed by atoms with Crippen LogP contribution in [0.4, 0.5) is 13.2 Å². The molecule has 1 aromatic heterocycles. The highest BCUT2D eigenvalue weighted by atomic mass is 32.1.